The van der Waals surface area contributed by atoms with Crippen LogP contribution in [0.4, 0.5) is 4.39 Å². The van der Waals surface area contributed by atoms with Crippen molar-refractivity contribution in [2.24, 2.45) is 5.92 Å². The number of nitrogens with zero attached hydrogens (tertiary/aromatic N) is 1. The summed E-state index contributed by atoms with van der Waals surface area (Å²) in [6.45, 7) is 9.55. The molecular weight excluding hydrogens is 251 g/mol. The third-order valence-corrected chi connectivity index (χ3v) is 4.16. The number of halogens is 1. The predicted molar refractivity (Wildman–Crippen MR) is 82.1 cm³/mol. The SMILES string of the molecule is CC(C)CC1CN(Cc2ccccc2F)C(C)CCN1. The largest absolute Gasteiger partial charge is 0.313 e. The molecule has 1 fully saturated rings. The summed E-state index contributed by atoms with van der Waals surface area (Å²) < 4.78 is 13.8. The van der Waals surface area contributed by atoms with Crippen LogP contribution in [0.1, 0.15) is 39.2 Å². The van der Waals surface area contributed by atoms with Crippen LogP contribution in [0.15, 0.2) is 24.3 Å². The first-order valence-electron chi connectivity index (χ1n) is 7.77. The van der Waals surface area contributed by atoms with Gasteiger partial charge in [0.15, 0.2) is 0 Å². The van der Waals surface area contributed by atoms with Gasteiger partial charge in [-0.2, -0.15) is 0 Å². The van der Waals surface area contributed by atoms with Crippen LogP contribution in [0, 0.1) is 11.7 Å². The van der Waals surface area contributed by atoms with E-state index in [2.05, 4.69) is 31.0 Å². The Morgan fingerprint density at radius 3 is 2.80 bits per heavy atom. The molecule has 0 radical (unpaired) electrons. The molecule has 0 aliphatic carbocycles. The van der Waals surface area contributed by atoms with Crippen molar-refractivity contribution in [2.45, 2.75) is 52.2 Å². The standard InChI is InChI=1S/C17H27FN2/c1-13(2)10-16-12-20(14(3)8-9-19-16)11-15-6-4-5-7-17(15)18/h4-7,13-14,16,19H,8-12H2,1-3H3. The fraction of sp³-hybridized carbons (Fsp3) is 0.647. The lowest BCUT2D eigenvalue weighted by molar-refractivity contribution is 0.187. The maximum Gasteiger partial charge on any atom is 0.127 e. The van der Waals surface area contributed by atoms with Gasteiger partial charge in [0, 0.05) is 30.7 Å². The van der Waals surface area contributed by atoms with Crippen molar-refractivity contribution in [3.05, 3.63) is 35.6 Å². The predicted octanol–water partition coefficient (Wildman–Crippen LogP) is 3.42. The van der Waals surface area contributed by atoms with Crippen molar-refractivity contribution in [3.63, 3.8) is 0 Å². The molecule has 2 rings (SSSR count). The van der Waals surface area contributed by atoms with Gasteiger partial charge in [-0.1, -0.05) is 32.0 Å². The van der Waals surface area contributed by atoms with Gasteiger partial charge in [-0.25, -0.2) is 4.39 Å². The van der Waals surface area contributed by atoms with Gasteiger partial charge in [0.05, 0.1) is 0 Å². The van der Waals surface area contributed by atoms with Gasteiger partial charge in [0.25, 0.3) is 0 Å². The third-order valence-electron chi connectivity index (χ3n) is 4.16. The van der Waals surface area contributed by atoms with E-state index in [4.69, 9.17) is 0 Å². The average molecular weight is 278 g/mol. The lowest BCUT2D eigenvalue weighted by Crippen LogP contribution is -2.40. The van der Waals surface area contributed by atoms with Gasteiger partial charge in [0.2, 0.25) is 0 Å². The fourth-order valence-corrected chi connectivity index (χ4v) is 3.00. The van der Waals surface area contributed by atoms with Crippen LogP contribution in [0.5, 0.6) is 0 Å². The molecule has 1 N–H and O–H groups in total. The lowest BCUT2D eigenvalue weighted by atomic mass is 10.0. The van der Waals surface area contributed by atoms with Crippen LogP contribution < -0.4 is 5.32 Å². The molecule has 2 atom stereocenters. The van der Waals surface area contributed by atoms with Crippen LogP contribution in [0.2, 0.25) is 0 Å². The van der Waals surface area contributed by atoms with E-state index in [1.165, 1.54) is 6.42 Å². The molecule has 1 aromatic carbocycles. The van der Waals surface area contributed by atoms with Gasteiger partial charge in [-0.05, 0) is 38.3 Å². The minimum absolute atomic E-state index is 0.0858. The van der Waals surface area contributed by atoms with E-state index in [0.29, 0.717) is 24.5 Å². The second-order valence-corrected chi connectivity index (χ2v) is 6.44. The lowest BCUT2D eigenvalue weighted by Gasteiger charge is -2.29. The second-order valence-electron chi connectivity index (χ2n) is 6.44. The van der Waals surface area contributed by atoms with Gasteiger partial charge in [-0.3, -0.25) is 4.90 Å². The minimum Gasteiger partial charge on any atom is -0.313 e. The molecule has 1 saturated heterocycles. The molecule has 1 heterocycles. The molecule has 2 unspecified atom stereocenters. The van der Waals surface area contributed by atoms with Crippen LogP contribution in [0.3, 0.4) is 0 Å². The summed E-state index contributed by atoms with van der Waals surface area (Å²) in [5.41, 5.74) is 0.810. The number of hydrogen-bond acceptors (Lipinski definition) is 2. The van der Waals surface area contributed by atoms with E-state index in [0.717, 1.165) is 25.1 Å². The Bertz CT molecular complexity index is 419. The Morgan fingerprint density at radius 1 is 1.35 bits per heavy atom. The fourth-order valence-electron chi connectivity index (χ4n) is 3.00. The summed E-state index contributed by atoms with van der Waals surface area (Å²) in [4.78, 5) is 2.42. The van der Waals surface area contributed by atoms with Gasteiger partial charge >= 0.3 is 0 Å². The molecule has 2 nitrogen and oxygen atoms in total. The molecular formula is C17H27FN2. The monoisotopic (exact) mass is 278 g/mol. The van der Waals surface area contributed by atoms with Gasteiger partial charge in [-0.15, -0.1) is 0 Å². The maximum absolute atomic E-state index is 13.8. The normalized spacial score (nSPS) is 24.9. The molecule has 20 heavy (non-hydrogen) atoms. The Balaban J connectivity index is 2.05. The Labute approximate surface area is 122 Å². The zero-order valence-electron chi connectivity index (χ0n) is 12.9. The number of rotatable bonds is 4. The van der Waals surface area contributed by atoms with E-state index in [1.807, 2.05) is 12.1 Å². The van der Waals surface area contributed by atoms with Crippen LogP contribution in [0.25, 0.3) is 0 Å². The van der Waals surface area contributed by atoms with Crippen molar-refractivity contribution in [3.8, 4) is 0 Å². The Morgan fingerprint density at radius 2 is 2.10 bits per heavy atom. The molecule has 112 valence electrons. The highest BCUT2D eigenvalue weighted by molar-refractivity contribution is 5.17. The number of nitrogens with one attached hydrogen (secondary N) is 1. The zero-order valence-corrected chi connectivity index (χ0v) is 12.9. The maximum atomic E-state index is 13.8. The molecule has 1 aromatic rings. The first-order chi connectivity index (χ1) is 9.56. The number of hydrogen-bond donors (Lipinski definition) is 1. The topological polar surface area (TPSA) is 15.3 Å². The zero-order chi connectivity index (χ0) is 14.5. The Hall–Kier alpha value is -0.930. The van der Waals surface area contributed by atoms with Gasteiger partial charge in [0.1, 0.15) is 5.82 Å². The smallest absolute Gasteiger partial charge is 0.127 e. The molecule has 0 aromatic heterocycles. The molecule has 0 amide bonds. The van der Waals surface area contributed by atoms with E-state index in [9.17, 15) is 4.39 Å². The van der Waals surface area contributed by atoms with E-state index in [-0.39, 0.29) is 5.82 Å². The highest BCUT2D eigenvalue weighted by Crippen LogP contribution is 2.18. The molecule has 3 heteroatoms. The number of benzene rings is 1. The van der Waals surface area contributed by atoms with Gasteiger partial charge < -0.3 is 5.32 Å². The molecule has 0 bridgehead atoms. The minimum atomic E-state index is -0.0858. The highest BCUT2D eigenvalue weighted by Gasteiger charge is 2.23. The second kappa shape index (κ2) is 7.19. The molecule has 0 spiro atoms. The Kier molecular flexibility index (Phi) is 5.55. The molecule has 1 aliphatic heterocycles. The summed E-state index contributed by atoms with van der Waals surface area (Å²) in [5, 5.41) is 3.64. The van der Waals surface area contributed by atoms with Crippen LogP contribution >= 0.6 is 0 Å². The van der Waals surface area contributed by atoms with Crippen LogP contribution in [-0.2, 0) is 6.54 Å². The highest BCUT2D eigenvalue weighted by atomic mass is 19.1. The summed E-state index contributed by atoms with van der Waals surface area (Å²) in [6, 6.07) is 8.16. The third kappa shape index (κ3) is 4.29. The quantitative estimate of drug-likeness (QED) is 0.908. The van der Waals surface area contributed by atoms with E-state index >= 15 is 0 Å². The molecule has 0 saturated carbocycles. The van der Waals surface area contributed by atoms with Crippen LogP contribution in [-0.4, -0.2) is 30.1 Å². The van der Waals surface area contributed by atoms with Crippen molar-refractivity contribution in [1.82, 2.24) is 10.2 Å². The van der Waals surface area contributed by atoms with Crippen molar-refractivity contribution in [1.29, 1.82) is 0 Å². The molecule has 1 aliphatic rings. The summed E-state index contributed by atoms with van der Waals surface area (Å²) in [7, 11) is 0. The van der Waals surface area contributed by atoms with Crippen molar-refractivity contribution in [2.75, 3.05) is 13.1 Å². The van der Waals surface area contributed by atoms with Crippen molar-refractivity contribution >= 4 is 0 Å². The van der Waals surface area contributed by atoms with E-state index < -0.39 is 0 Å². The summed E-state index contributed by atoms with van der Waals surface area (Å²) in [5.74, 6) is 0.605. The first kappa shape index (κ1) is 15.5. The summed E-state index contributed by atoms with van der Waals surface area (Å²) in [6.07, 6.45) is 2.31. The summed E-state index contributed by atoms with van der Waals surface area (Å²) >= 11 is 0. The average Bonchev–Trinajstić information content (AvgIpc) is 2.54. The van der Waals surface area contributed by atoms with Crippen molar-refractivity contribution < 1.29 is 4.39 Å². The first-order valence-corrected chi connectivity index (χ1v) is 7.77. The van der Waals surface area contributed by atoms with E-state index in [1.54, 1.807) is 12.1 Å².